The topological polar surface area (TPSA) is 80.3 Å². The van der Waals surface area contributed by atoms with E-state index in [9.17, 15) is 0 Å². The van der Waals surface area contributed by atoms with E-state index in [4.69, 9.17) is 19.8 Å². The molecule has 0 aliphatic rings. The van der Waals surface area contributed by atoms with Gasteiger partial charge in [0.05, 0.1) is 0 Å². The molecule has 0 bridgehead atoms. The van der Waals surface area contributed by atoms with Gasteiger partial charge in [0, 0.05) is 11.9 Å². The molecule has 0 spiro atoms. The Kier molecular flexibility index (Phi) is 13.5. The molecule has 0 heterocycles. The van der Waals surface area contributed by atoms with E-state index < -0.39 is 28.7 Å². The first-order chi connectivity index (χ1) is 12.9. The Hall–Kier alpha value is -2.31. The fraction of sp³-hybridized carbons (Fsp3) is 0.0909. The van der Waals surface area contributed by atoms with Crippen LogP contribution in [0.4, 0.5) is 0 Å². The molecule has 0 aromatic heterocycles. The molecular formula is C22H24O4PPd. The molecular weight excluding hydrogens is 466 g/mol. The molecule has 0 N–H and O–H groups in total. The number of carboxylic acid groups (broad SMARTS) is 2. The van der Waals surface area contributed by atoms with Gasteiger partial charge < -0.3 is 19.8 Å². The molecule has 0 saturated carbocycles. The van der Waals surface area contributed by atoms with Crippen LogP contribution >= 0.6 is 9.90 Å². The summed E-state index contributed by atoms with van der Waals surface area (Å²) < 4.78 is 4.35. The van der Waals surface area contributed by atoms with Crippen LogP contribution in [0.25, 0.3) is 0 Å². The van der Waals surface area contributed by atoms with Crippen LogP contribution in [0.5, 0.6) is 0 Å². The molecule has 3 rings (SSSR count). The monoisotopic (exact) mass is 489 g/mol. The molecule has 1 unspecified atom stereocenters. The van der Waals surface area contributed by atoms with Gasteiger partial charge in [0.25, 0.3) is 0 Å². The third-order valence-corrected chi connectivity index (χ3v) is 6.93. The van der Waals surface area contributed by atoms with E-state index in [-0.39, 0.29) is 9.90 Å². The van der Waals surface area contributed by atoms with Crippen LogP contribution in [0.3, 0.4) is 0 Å². The van der Waals surface area contributed by atoms with Crippen molar-refractivity contribution in [3.8, 4) is 0 Å². The summed E-state index contributed by atoms with van der Waals surface area (Å²) in [5, 5.41) is 17.8. The summed E-state index contributed by atoms with van der Waals surface area (Å²) in [6, 6.07) is 32.6. The standard InChI is InChI=1S/3C6H5.2C2H4O2.H3P.Pd/c3*1-2-4-6-5-3-1;2*1-2(3)4;;/h3*1-5H;2*1H3,(H,3,4);1H3;/q;;;;;;+2/p-2. The number of benzene rings is 3. The van der Waals surface area contributed by atoms with Crippen molar-refractivity contribution in [3.05, 3.63) is 91.0 Å². The van der Waals surface area contributed by atoms with Gasteiger partial charge in [-0.15, -0.1) is 0 Å². The number of carbonyl (C=O) groups is 2. The average Bonchev–Trinajstić information content (AvgIpc) is 2.64. The number of carbonyl (C=O) groups excluding carboxylic acids is 2. The number of rotatable bonds is 3. The molecule has 3 aromatic carbocycles. The van der Waals surface area contributed by atoms with Crippen LogP contribution < -0.4 is 22.3 Å². The van der Waals surface area contributed by atoms with E-state index >= 15 is 0 Å². The summed E-state index contributed by atoms with van der Waals surface area (Å²) in [5.41, 5.74) is 0. The minimum atomic E-state index is -1.08. The van der Waals surface area contributed by atoms with E-state index in [0.717, 1.165) is 13.8 Å². The maximum atomic E-state index is 8.89. The van der Waals surface area contributed by atoms with Crippen LogP contribution in [-0.4, -0.2) is 11.9 Å². The van der Waals surface area contributed by atoms with Crippen molar-refractivity contribution >= 4 is 33.9 Å². The second kappa shape index (κ2) is 14.7. The molecule has 1 atom stereocenters. The Balaban J connectivity index is 0.000000697. The first-order valence-electron chi connectivity index (χ1n) is 8.02. The number of hydrogen-bond donors (Lipinski definition) is 0. The van der Waals surface area contributed by atoms with Crippen LogP contribution in [0.1, 0.15) is 13.8 Å². The molecule has 28 heavy (non-hydrogen) atoms. The van der Waals surface area contributed by atoms with Crippen molar-refractivity contribution < 1.29 is 36.6 Å². The van der Waals surface area contributed by atoms with E-state index in [1.807, 2.05) is 0 Å². The molecule has 0 fully saturated rings. The van der Waals surface area contributed by atoms with Gasteiger partial charge in [0.2, 0.25) is 0 Å². The predicted octanol–water partition coefficient (Wildman–Crippen LogP) is 0.152. The third kappa shape index (κ3) is 10.7. The van der Waals surface area contributed by atoms with Gasteiger partial charge in [-0.25, -0.2) is 0 Å². The summed E-state index contributed by atoms with van der Waals surface area (Å²) in [5.74, 6) is -2.17. The van der Waals surface area contributed by atoms with Crippen LogP contribution in [0.15, 0.2) is 91.0 Å². The Labute approximate surface area is 175 Å². The van der Waals surface area contributed by atoms with E-state index in [0.29, 0.717) is 0 Å². The van der Waals surface area contributed by atoms with Gasteiger partial charge in [-0.05, 0) is 13.8 Å². The molecule has 0 amide bonds. The summed E-state index contributed by atoms with van der Waals surface area (Å²) in [6.07, 6.45) is 0. The summed E-state index contributed by atoms with van der Waals surface area (Å²) in [6.45, 7) is 1.94. The van der Waals surface area contributed by atoms with Crippen LogP contribution in [-0.2, 0) is 26.3 Å². The SMILES string of the molecule is CC(=O)[O-].CC(=O)[O-].P.c1cc[c]([Pd+2]([c]2ccccc2)[c]2ccccc2)cc1. The molecule has 3 aromatic rings. The molecule has 0 saturated heterocycles. The maximum absolute atomic E-state index is 8.89. The van der Waals surface area contributed by atoms with Crippen molar-refractivity contribution in [1.82, 2.24) is 0 Å². The number of hydrogen-bond acceptors (Lipinski definition) is 4. The molecule has 4 nitrogen and oxygen atoms in total. The molecule has 0 radical (unpaired) electrons. The normalized spacial score (nSPS) is 9.29. The molecule has 0 aliphatic carbocycles. The van der Waals surface area contributed by atoms with Crippen molar-refractivity contribution in [2.24, 2.45) is 0 Å². The van der Waals surface area contributed by atoms with Crippen LogP contribution in [0.2, 0.25) is 0 Å². The Morgan fingerprint density at radius 2 is 0.750 bits per heavy atom. The third-order valence-electron chi connectivity index (χ3n) is 2.69. The number of carboxylic acids is 2. The van der Waals surface area contributed by atoms with Crippen molar-refractivity contribution in [2.45, 2.75) is 13.8 Å². The van der Waals surface area contributed by atoms with Crippen molar-refractivity contribution in [1.29, 1.82) is 0 Å². The Morgan fingerprint density at radius 1 is 0.571 bits per heavy atom. The van der Waals surface area contributed by atoms with Gasteiger partial charge in [-0.3, -0.25) is 0 Å². The van der Waals surface area contributed by atoms with Gasteiger partial charge in [0.1, 0.15) is 0 Å². The van der Waals surface area contributed by atoms with Gasteiger partial charge in [-0.2, -0.15) is 9.90 Å². The van der Waals surface area contributed by atoms with E-state index in [2.05, 4.69) is 91.0 Å². The van der Waals surface area contributed by atoms with Gasteiger partial charge in [0.15, 0.2) is 0 Å². The molecule has 6 heteroatoms. The zero-order chi connectivity index (χ0) is 20.1. The fourth-order valence-electron chi connectivity index (χ4n) is 1.84. The predicted molar refractivity (Wildman–Crippen MR) is 111 cm³/mol. The quantitative estimate of drug-likeness (QED) is 0.388. The first-order valence-corrected chi connectivity index (χ1v) is 10.4. The Morgan fingerprint density at radius 3 is 0.929 bits per heavy atom. The van der Waals surface area contributed by atoms with E-state index in [1.165, 1.54) is 12.1 Å². The molecule has 151 valence electrons. The van der Waals surface area contributed by atoms with E-state index in [1.54, 1.807) is 0 Å². The summed E-state index contributed by atoms with van der Waals surface area (Å²) in [7, 11) is 0. The minimum absolute atomic E-state index is 0. The second-order valence-electron chi connectivity index (χ2n) is 5.00. The Bertz CT molecular complexity index is 698. The fourth-order valence-corrected chi connectivity index (χ4v) is 5.85. The average molecular weight is 490 g/mol. The second-order valence-corrected chi connectivity index (χ2v) is 8.86. The number of aliphatic carboxylic acids is 2. The van der Waals surface area contributed by atoms with Gasteiger partial charge in [-0.1, -0.05) is 0 Å². The van der Waals surface area contributed by atoms with Crippen molar-refractivity contribution in [2.75, 3.05) is 0 Å². The molecule has 0 aliphatic heterocycles. The summed E-state index contributed by atoms with van der Waals surface area (Å²) in [4.78, 5) is 17.8. The van der Waals surface area contributed by atoms with Crippen LogP contribution in [0, 0.1) is 0 Å². The van der Waals surface area contributed by atoms with Gasteiger partial charge >= 0.3 is 120 Å². The zero-order valence-corrected chi connectivity index (χ0v) is 18.8. The first kappa shape index (κ1) is 25.7. The van der Waals surface area contributed by atoms with Crippen molar-refractivity contribution in [3.63, 3.8) is 0 Å². The summed E-state index contributed by atoms with van der Waals surface area (Å²) >= 11 is -1.05. The zero-order valence-electron chi connectivity index (χ0n) is 15.8.